The molecule has 0 saturated carbocycles. The molecule has 1 aromatic carbocycles. The molecule has 1 N–H and O–H groups in total. The zero-order chi connectivity index (χ0) is 11.8. The lowest BCUT2D eigenvalue weighted by Crippen LogP contribution is -2.29. The highest BCUT2D eigenvalue weighted by atomic mass is 35.5. The predicted octanol–water partition coefficient (Wildman–Crippen LogP) is 3.07. The van der Waals surface area contributed by atoms with Gasteiger partial charge in [-0.1, -0.05) is 36.7 Å². The van der Waals surface area contributed by atoms with Gasteiger partial charge in [0.15, 0.2) is 0 Å². The third-order valence-corrected chi connectivity index (χ3v) is 3.56. The van der Waals surface area contributed by atoms with Gasteiger partial charge in [0, 0.05) is 16.5 Å². The summed E-state index contributed by atoms with van der Waals surface area (Å²) in [4.78, 5) is 0. The van der Waals surface area contributed by atoms with Gasteiger partial charge in [0.2, 0.25) is 0 Å². The van der Waals surface area contributed by atoms with E-state index in [4.69, 9.17) is 16.9 Å². The predicted molar refractivity (Wildman–Crippen MR) is 70.7 cm³/mol. The van der Waals surface area contributed by atoms with E-state index in [0.29, 0.717) is 0 Å². The number of hydrogen-bond acceptors (Lipinski definition) is 3. The summed E-state index contributed by atoms with van der Waals surface area (Å²) >= 11 is 7.76. The first-order valence-corrected chi connectivity index (χ1v) is 6.75. The highest BCUT2D eigenvalue weighted by Crippen LogP contribution is 2.20. The number of nitrogens with zero attached hydrogens (tertiary/aromatic N) is 1. The summed E-state index contributed by atoms with van der Waals surface area (Å²) < 4.78 is 0. The number of nitriles is 1. The summed E-state index contributed by atoms with van der Waals surface area (Å²) in [5.74, 6) is 1.64. The Bertz CT molecular complexity index is 362. The number of hydrogen-bond donors (Lipinski definition) is 1. The Hall–Kier alpha value is -0.690. The Labute approximate surface area is 106 Å². The SMILES string of the molecule is CCNC(C#N)CSCc1ccccc1Cl. The van der Waals surface area contributed by atoms with Gasteiger partial charge < -0.3 is 5.32 Å². The molecule has 0 aromatic heterocycles. The second-order valence-corrected chi connectivity index (χ2v) is 4.78. The fraction of sp³-hybridized carbons (Fsp3) is 0.417. The molecule has 0 spiro atoms. The average Bonchev–Trinajstić information content (AvgIpc) is 2.30. The van der Waals surface area contributed by atoms with E-state index >= 15 is 0 Å². The molecule has 1 unspecified atom stereocenters. The maximum atomic E-state index is 8.86. The summed E-state index contributed by atoms with van der Waals surface area (Å²) in [5, 5.41) is 12.8. The molecule has 0 heterocycles. The van der Waals surface area contributed by atoms with Crippen molar-refractivity contribution >= 4 is 23.4 Å². The first-order valence-electron chi connectivity index (χ1n) is 5.22. The van der Waals surface area contributed by atoms with E-state index in [1.54, 1.807) is 11.8 Å². The van der Waals surface area contributed by atoms with Gasteiger partial charge in [-0.2, -0.15) is 17.0 Å². The Morgan fingerprint density at radius 1 is 1.50 bits per heavy atom. The summed E-state index contributed by atoms with van der Waals surface area (Å²) in [7, 11) is 0. The third kappa shape index (κ3) is 4.44. The molecule has 4 heteroatoms. The summed E-state index contributed by atoms with van der Waals surface area (Å²) in [5.41, 5.74) is 1.13. The third-order valence-electron chi connectivity index (χ3n) is 2.11. The van der Waals surface area contributed by atoms with Crippen molar-refractivity contribution in [2.45, 2.75) is 18.7 Å². The van der Waals surface area contributed by atoms with Gasteiger partial charge in [0.25, 0.3) is 0 Å². The average molecular weight is 255 g/mol. The molecular weight excluding hydrogens is 240 g/mol. The van der Waals surface area contributed by atoms with E-state index < -0.39 is 0 Å². The van der Waals surface area contributed by atoms with E-state index in [9.17, 15) is 0 Å². The summed E-state index contributed by atoms with van der Waals surface area (Å²) in [6.07, 6.45) is 0. The van der Waals surface area contributed by atoms with Crippen molar-refractivity contribution in [1.82, 2.24) is 5.32 Å². The lowest BCUT2D eigenvalue weighted by Gasteiger charge is -2.09. The van der Waals surface area contributed by atoms with Crippen molar-refractivity contribution in [1.29, 1.82) is 5.26 Å². The van der Waals surface area contributed by atoms with Gasteiger partial charge in [0.05, 0.1) is 6.07 Å². The van der Waals surface area contributed by atoms with E-state index in [0.717, 1.165) is 28.6 Å². The molecule has 0 radical (unpaired) electrons. The van der Waals surface area contributed by atoms with Crippen LogP contribution in [0.15, 0.2) is 24.3 Å². The molecule has 0 aliphatic carbocycles. The highest BCUT2D eigenvalue weighted by Gasteiger charge is 2.06. The minimum Gasteiger partial charge on any atom is -0.302 e. The van der Waals surface area contributed by atoms with Crippen LogP contribution in [0.3, 0.4) is 0 Å². The normalized spacial score (nSPS) is 12.1. The summed E-state index contributed by atoms with van der Waals surface area (Å²) in [6.45, 7) is 2.83. The maximum absolute atomic E-state index is 8.86. The minimum absolute atomic E-state index is 0.0718. The van der Waals surface area contributed by atoms with Crippen LogP contribution in [0.5, 0.6) is 0 Å². The van der Waals surface area contributed by atoms with Crippen LogP contribution in [-0.4, -0.2) is 18.3 Å². The van der Waals surface area contributed by atoms with Crippen LogP contribution in [0.2, 0.25) is 5.02 Å². The lowest BCUT2D eigenvalue weighted by molar-refractivity contribution is 0.677. The molecule has 0 amide bonds. The Morgan fingerprint density at radius 3 is 2.88 bits per heavy atom. The molecular formula is C12H15ClN2S. The van der Waals surface area contributed by atoms with Crippen molar-refractivity contribution in [3.05, 3.63) is 34.9 Å². The molecule has 86 valence electrons. The second-order valence-electron chi connectivity index (χ2n) is 3.35. The molecule has 1 atom stereocenters. The molecule has 1 rings (SSSR count). The summed E-state index contributed by atoms with van der Waals surface area (Å²) in [6, 6.07) is 9.98. The first-order chi connectivity index (χ1) is 7.77. The van der Waals surface area contributed by atoms with Crippen LogP contribution in [0.1, 0.15) is 12.5 Å². The maximum Gasteiger partial charge on any atom is 0.104 e. The lowest BCUT2D eigenvalue weighted by atomic mass is 10.2. The molecule has 0 saturated heterocycles. The van der Waals surface area contributed by atoms with Crippen molar-refractivity contribution in [2.24, 2.45) is 0 Å². The van der Waals surface area contributed by atoms with Crippen LogP contribution in [0, 0.1) is 11.3 Å². The Kier molecular flexibility index (Phi) is 6.32. The van der Waals surface area contributed by atoms with Crippen LogP contribution in [0.4, 0.5) is 0 Å². The first kappa shape index (κ1) is 13.4. The van der Waals surface area contributed by atoms with Crippen LogP contribution in [0.25, 0.3) is 0 Å². The van der Waals surface area contributed by atoms with Gasteiger partial charge in [-0.15, -0.1) is 0 Å². The minimum atomic E-state index is -0.0718. The quantitative estimate of drug-likeness (QED) is 0.848. The fourth-order valence-electron chi connectivity index (χ4n) is 1.29. The number of benzene rings is 1. The smallest absolute Gasteiger partial charge is 0.104 e. The van der Waals surface area contributed by atoms with Gasteiger partial charge in [-0.3, -0.25) is 0 Å². The molecule has 0 aliphatic rings. The Balaban J connectivity index is 2.36. The van der Waals surface area contributed by atoms with Crippen molar-refractivity contribution in [3.63, 3.8) is 0 Å². The van der Waals surface area contributed by atoms with E-state index in [1.807, 2.05) is 31.2 Å². The van der Waals surface area contributed by atoms with Crippen molar-refractivity contribution < 1.29 is 0 Å². The molecule has 2 nitrogen and oxygen atoms in total. The van der Waals surface area contributed by atoms with E-state index in [1.165, 1.54) is 0 Å². The van der Waals surface area contributed by atoms with Crippen LogP contribution < -0.4 is 5.32 Å². The molecule has 0 fully saturated rings. The van der Waals surface area contributed by atoms with Crippen LogP contribution in [-0.2, 0) is 5.75 Å². The highest BCUT2D eigenvalue weighted by molar-refractivity contribution is 7.98. The topological polar surface area (TPSA) is 35.8 Å². The van der Waals surface area contributed by atoms with Gasteiger partial charge in [-0.25, -0.2) is 0 Å². The number of thioether (sulfide) groups is 1. The zero-order valence-corrected chi connectivity index (χ0v) is 10.8. The number of halogens is 1. The standard InChI is InChI=1S/C12H15ClN2S/c1-2-15-11(7-14)9-16-8-10-5-3-4-6-12(10)13/h3-6,11,15H,2,8-9H2,1H3. The monoisotopic (exact) mass is 254 g/mol. The zero-order valence-electron chi connectivity index (χ0n) is 9.24. The number of rotatable bonds is 6. The van der Waals surface area contributed by atoms with E-state index in [2.05, 4.69) is 11.4 Å². The molecule has 1 aromatic rings. The molecule has 16 heavy (non-hydrogen) atoms. The van der Waals surface area contributed by atoms with Crippen molar-refractivity contribution in [3.8, 4) is 6.07 Å². The molecule has 0 aliphatic heterocycles. The molecule has 0 bridgehead atoms. The van der Waals surface area contributed by atoms with Crippen LogP contribution >= 0.6 is 23.4 Å². The fourth-order valence-corrected chi connectivity index (χ4v) is 2.59. The van der Waals surface area contributed by atoms with Gasteiger partial charge >= 0.3 is 0 Å². The Morgan fingerprint density at radius 2 is 2.25 bits per heavy atom. The number of nitrogens with one attached hydrogen (secondary N) is 1. The largest absolute Gasteiger partial charge is 0.302 e. The van der Waals surface area contributed by atoms with E-state index in [-0.39, 0.29) is 6.04 Å². The van der Waals surface area contributed by atoms with Gasteiger partial charge in [-0.05, 0) is 18.2 Å². The second kappa shape index (κ2) is 7.56. The van der Waals surface area contributed by atoms with Gasteiger partial charge in [0.1, 0.15) is 6.04 Å². The van der Waals surface area contributed by atoms with Crippen molar-refractivity contribution in [2.75, 3.05) is 12.3 Å².